The SMILES string of the molecule is Clc1ccc(Cl)c(C2=CCC(/C=N/Nc3nc(N4CCOCC4)nc(N4CCOCC4)n3)O2)c1. The third-order valence-corrected chi connectivity index (χ3v) is 6.18. The van der Waals surface area contributed by atoms with Gasteiger partial charge in [0.05, 0.1) is 37.7 Å². The minimum absolute atomic E-state index is 0.239. The molecule has 180 valence electrons. The molecule has 0 spiro atoms. The van der Waals surface area contributed by atoms with E-state index in [0.29, 0.717) is 66.5 Å². The van der Waals surface area contributed by atoms with Gasteiger partial charge in [0.15, 0.2) is 0 Å². The van der Waals surface area contributed by atoms with Crippen LogP contribution in [0.25, 0.3) is 5.76 Å². The van der Waals surface area contributed by atoms with Crippen LogP contribution in [0.15, 0.2) is 29.4 Å². The molecule has 34 heavy (non-hydrogen) atoms. The zero-order valence-electron chi connectivity index (χ0n) is 18.5. The number of hydrogen-bond donors (Lipinski definition) is 1. The van der Waals surface area contributed by atoms with E-state index in [1.807, 2.05) is 6.08 Å². The first-order valence-electron chi connectivity index (χ1n) is 11.2. The molecule has 0 amide bonds. The highest BCUT2D eigenvalue weighted by atomic mass is 35.5. The average molecular weight is 506 g/mol. The second kappa shape index (κ2) is 10.7. The fourth-order valence-electron chi connectivity index (χ4n) is 3.83. The van der Waals surface area contributed by atoms with E-state index in [1.165, 1.54) is 0 Å². The number of nitrogens with one attached hydrogen (secondary N) is 1. The molecule has 0 bridgehead atoms. The van der Waals surface area contributed by atoms with Crippen molar-refractivity contribution >= 4 is 53.0 Å². The summed E-state index contributed by atoms with van der Waals surface area (Å²) in [7, 11) is 0. The minimum atomic E-state index is -0.239. The number of nitrogens with zero attached hydrogens (tertiary/aromatic N) is 6. The van der Waals surface area contributed by atoms with Crippen molar-refractivity contribution in [2.75, 3.05) is 67.8 Å². The summed E-state index contributed by atoms with van der Waals surface area (Å²) in [6, 6.07) is 5.29. The number of halogens is 2. The van der Waals surface area contributed by atoms with Crippen molar-refractivity contribution in [3.63, 3.8) is 0 Å². The van der Waals surface area contributed by atoms with Crippen LogP contribution in [-0.4, -0.2) is 79.9 Å². The summed E-state index contributed by atoms with van der Waals surface area (Å²) in [6.07, 6.45) is 4.09. The highest BCUT2D eigenvalue weighted by Crippen LogP contribution is 2.32. The number of hydrogen-bond acceptors (Lipinski definition) is 10. The lowest BCUT2D eigenvalue weighted by molar-refractivity contribution is 0.121. The predicted octanol–water partition coefficient (Wildman–Crippen LogP) is 3.08. The van der Waals surface area contributed by atoms with Crippen LogP contribution in [0.1, 0.15) is 12.0 Å². The number of rotatable bonds is 6. The van der Waals surface area contributed by atoms with Crippen LogP contribution in [0.2, 0.25) is 10.0 Å². The molecule has 4 heterocycles. The van der Waals surface area contributed by atoms with Gasteiger partial charge in [0.1, 0.15) is 11.9 Å². The summed E-state index contributed by atoms with van der Waals surface area (Å²) < 4.78 is 16.9. The van der Waals surface area contributed by atoms with Gasteiger partial charge in [0, 0.05) is 43.2 Å². The Kier molecular flexibility index (Phi) is 7.29. The van der Waals surface area contributed by atoms with Crippen molar-refractivity contribution in [3.05, 3.63) is 39.9 Å². The Labute approximate surface area is 207 Å². The van der Waals surface area contributed by atoms with Crippen molar-refractivity contribution in [1.82, 2.24) is 15.0 Å². The van der Waals surface area contributed by atoms with Gasteiger partial charge in [-0.25, -0.2) is 5.43 Å². The molecular formula is C22H25Cl2N7O3. The summed E-state index contributed by atoms with van der Waals surface area (Å²) in [5.74, 6) is 2.27. The molecule has 1 N–H and O–H groups in total. The Bertz CT molecular complexity index is 1040. The van der Waals surface area contributed by atoms with Crippen LogP contribution in [0.5, 0.6) is 0 Å². The molecule has 0 radical (unpaired) electrons. The van der Waals surface area contributed by atoms with Gasteiger partial charge in [-0.15, -0.1) is 0 Å². The monoisotopic (exact) mass is 505 g/mol. The summed E-state index contributed by atoms with van der Waals surface area (Å²) >= 11 is 12.4. The van der Waals surface area contributed by atoms with Crippen LogP contribution in [0.3, 0.4) is 0 Å². The summed E-state index contributed by atoms with van der Waals surface area (Å²) in [4.78, 5) is 18.0. The quantitative estimate of drug-likeness (QED) is 0.468. The standard InChI is InChI=1S/C22H25Cl2N7O3/c23-15-1-3-18(24)17(13-15)19-4-2-16(34-19)14-25-29-20-26-21(30-5-9-32-10-6-30)28-22(27-20)31-7-11-33-12-8-31/h1,3-4,13-14,16H,2,5-12H2,(H,26,27,28,29)/b25-14+. The number of anilines is 3. The van der Waals surface area contributed by atoms with Crippen LogP contribution in [-0.2, 0) is 14.2 Å². The topological polar surface area (TPSA) is 97.2 Å². The Morgan fingerprint density at radius 1 is 0.941 bits per heavy atom. The van der Waals surface area contributed by atoms with E-state index in [0.717, 1.165) is 31.7 Å². The number of benzene rings is 1. The Morgan fingerprint density at radius 3 is 2.24 bits per heavy atom. The molecule has 3 aliphatic rings. The van der Waals surface area contributed by atoms with Gasteiger partial charge in [-0.2, -0.15) is 20.1 Å². The van der Waals surface area contributed by atoms with Gasteiger partial charge in [0.2, 0.25) is 17.8 Å². The molecule has 2 aromatic rings. The smallest absolute Gasteiger partial charge is 0.250 e. The van der Waals surface area contributed by atoms with E-state index < -0.39 is 0 Å². The first-order chi connectivity index (χ1) is 16.7. The summed E-state index contributed by atoms with van der Waals surface area (Å²) in [5.41, 5.74) is 3.71. The van der Waals surface area contributed by atoms with Gasteiger partial charge < -0.3 is 24.0 Å². The minimum Gasteiger partial charge on any atom is -0.484 e. The van der Waals surface area contributed by atoms with Gasteiger partial charge in [-0.3, -0.25) is 0 Å². The lowest BCUT2D eigenvalue weighted by atomic mass is 10.2. The molecule has 0 saturated carbocycles. The van der Waals surface area contributed by atoms with E-state index in [-0.39, 0.29) is 6.10 Å². The maximum Gasteiger partial charge on any atom is 0.250 e. The normalized spacial score (nSPS) is 21.0. The first kappa shape index (κ1) is 23.1. The van der Waals surface area contributed by atoms with Crippen molar-refractivity contribution in [2.45, 2.75) is 12.5 Å². The number of morpholine rings is 2. The molecule has 10 nitrogen and oxygen atoms in total. The number of aromatic nitrogens is 3. The molecule has 12 heteroatoms. The molecule has 2 fully saturated rings. The molecule has 0 aliphatic carbocycles. The Balaban J connectivity index is 1.27. The highest BCUT2D eigenvalue weighted by molar-refractivity contribution is 6.34. The van der Waals surface area contributed by atoms with Gasteiger partial charge in [-0.1, -0.05) is 23.2 Å². The molecular weight excluding hydrogens is 481 g/mol. The molecule has 1 aromatic carbocycles. The molecule has 1 unspecified atom stereocenters. The van der Waals surface area contributed by atoms with E-state index in [9.17, 15) is 0 Å². The second-order valence-electron chi connectivity index (χ2n) is 7.93. The fourth-order valence-corrected chi connectivity index (χ4v) is 4.21. The average Bonchev–Trinajstić information content (AvgIpc) is 3.35. The zero-order valence-corrected chi connectivity index (χ0v) is 20.0. The van der Waals surface area contributed by atoms with Gasteiger partial charge in [0.25, 0.3) is 0 Å². The predicted molar refractivity (Wildman–Crippen MR) is 132 cm³/mol. The Hall–Kier alpha value is -2.66. The maximum absolute atomic E-state index is 6.29. The first-order valence-corrected chi connectivity index (χ1v) is 11.9. The highest BCUT2D eigenvalue weighted by Gasteiger charge is 2.22. The maximum atomic E-state index is 6.29. The van der Waals surface area contributed by atoms with Crippen molar-refractivity contribution in [1.29, 1.82) is 0 Å². The molecule has 1 aromatic heterocycles. The van der Waals surface area contributed by atoms with Crippen molar-refractivity contribution in [3.8, 4) is 0 Å². The van der Waals surface area contributed by atoms with Crippen molar-refractivity contribution < 1.29 is 14.2 Å². The van der Waals surface area contributed by atoms with Crippen LogP contribution in [0, 0.1) is 0 Å². The fraction of sp³-hybridized carbons (Fsp3) is 0.455. The van der Waals surface area contributed by atoms with Gasteiger partial charge >= 0.3 is 0 Å². The largest absolute Gasteiger partial charge is 0.484 e. The van der Waals surface area contributed by atoms with E-state index in [1.54, 1.807) is 24.4 Å². The molecule has 3 aliphatic heterocycles. The van der Waals surface area contributed by atoms with E-state index in [2.05, 4.69) is 30.3 Å². The van der Waals surface area contributed by atoms with Crippen LogP contribution < -0.4 is 15.2 Å². The zero-order chi connectivity index (χ0) is 23.3. The third-order valence-electron chi connectivity index (χ3n) is 5.61. The van der Waals surface area contributed by atoms with Crippen LogP contribution >= 0.6 is 23.2 Å². The summed E-state index contributed by atoms with van der Waals surface area (Å²) in [6.45, 7) is 5.48. The second-order valence-corrected chi connectivity index (χ2v) is 8.78. The number of ether oxygens (including phenoxy) is 3. The van der Waals surface area contributed by atoms with E-state index in [4.69, 9.17) is 42.4 Å². The molecule has 2 saturated heterocycles. The summed E-state index contributed by atoms with van der Waals surface area (Å²) in [5, 5.41) is 5.52. The third kappa shape index (κ3) is 5.52. The van der Waals surface area contributed by atoms with Gasteiger partial charge in [-0.05, 0) is 24.3 Å². The molecule has 5 rings (SSSR count). The lowest BCUT2D eigenvalue weighted by Gasteiger charge is -2.30. The van der Waals surface area contributed by atoms with E-state index >= 15 is 0 Å². The van der Waals surface area contributed by atoms with Crippen molar-refractivity contribution in [2.24, 2.45) is 5.10 Å². The van der Waals surface area contributed by atoms with Crippen LogP contribution in [0.4, 0.5) is 17.8 Å². The lowest BCUT2D eigenvalue weighted by Crippen LogP contribution is -2.40. The molecule has 1 atom stereocenters. The number of hydrazone groups is 1. The Morgan fingerprint density at radius 2 is 1.59 bits per heavy atom.